The van der Waals surface area contributed by atoms with E-state index in [0.717, 1.165) is 10.9 Å². The molecule has 0 aliphatic heterocycles. The smallest absolute Gasteiger partial charge is 0.252 e. The molecule has 4 heteroatoms. The van der Waals surface area contributed by atoms with Crippen molar-refractivity contribution in [2.24, 2.45) is 0 Å². The molecule has 3 nitrogen and oxygen atoms in total. The molecule has 0 aliphatic carbocycles. The summed E-state index contributed by atoms with van der Waals surface area (Å²) in [6.45, 7) is 4.18. The van der Waals surface area contributed by atoms with Gasteiger partial charge in [0.2, 0.25) is 0 Å². The Bertz CT molecular complexity index is 339. The minimum Gasteiger partial charge on any atom is -0.352 e. The van der Waals surface area contributed by atoms with Crippen LogP contribution >= 0.6 is 15.9 Å². The second kappa shape index (κ2) is 5.54. The van der Waals surface area contributed by atoms with Crippen molar-refractivity contribution in [2.75, 3.05) is 6.54 Å². The van der Waals surface area contributed by atoms with Crippen LogP contribution in [-0.2, 0) is 0 Å². The number of nitrogens with one attached hydrogen (secondary N) is 1. The van der Waals surface area contributed by atoms with Gasteiger partial charge in [0.15, 0.2) is 0 Å². The molecule has 0 aromatic carbocycles. The highest BCUT2D eigenvalue weighted by atomic mass is 79.9. The summed E-state index contributed by atoms with van der Waals surface area (Å²) in [6.07, 6.45) is 5.71. The van der Waals surface area contributed by atoms with Gasteiger partial charge in [0.05, 0.1) is 5.56 Å². The van der Waals surface area contributed by atoms with E-state index >= 15 is 0 Å². The quantitative estimate of drug-likeness (QED) is 0.661. The maximum atomic E-state index is 11.5. The summed E-state index contributed by atoms with van der Waals surface area (Å²) in [5.74, 6) is -0.111. The highest BCUT2D eigenvalue weighted by molar-refractivity contribution is 9.10. The van der Waals surface area contributed by atoms with Crippen LogP contribution in [0.15, 0.2) is 35.6 Å². The zero-order valence-electron chi connectivity index (χ0n) is 7.66. The molecular formula is C10H11BrN2O. The number of hydrogen-bond donors (Lipinski definition) is 1. The SMILES string of the molecule is C=CCCNC(=O)c1cncc(Br)c1. The molecule has 0 aliphatic rings. The number of pyridine rings is 1. The lowest BCUT2D eigenvalue weighted by Gasteiger charge is -2.02. The Balaban J connectivity index is 2.56. The highest BCUT2D eigenvalue weighted by Gasteiger charge is 2.04. The summed E-state index contributed by atoms with van der Waals surface area (Å²) in [7, 11) is 0. The van der Waals surface area contributed by atoms with Crippen LogP contribution in [0.3, 0.4) is 0 Å². The number of amides is 1. The van der Waals surface area contributed by atoms with Crippen molar-refractivity contribution >= 4 is 21.8 Å². The molecule has 0 saturated carbocycles. The average Bonchev–Trinajstić information content (AvgIpc) is 2.18. The van der Waals surface area contributed by atoms with Gasteiger partial charge < -0.3 is 5.32 Å². The molecule has 1 aromatic rings. The summed E-state index contributed by atoms with van der Waals surface area (Å²) < 4.78 is 0.800. The van der Waals surface area contributed by atoms with Crippen molar-refractivity contribution in [1.29, 1.82) is 0 Å². The highest BCUT2D eigenvalue weighted by Crippen LogP contribution is 2.09. The predicted molar refractivity (Wildman–Crippen MR) is 59.1 cm³/mol. The zero-order chi connectivity index (χ0) is 10.4. The number of rotatable bonds is 4. The number of halogens is 1. The lowest BCUT2D eigenvalue weighted by Crippen LogP contribution is -2.24. The second-order valence-electron chi connectivity index (χ2n) is 2.73. The molecule has 1 heterocycles. The number of carbonyl (C=O) groups is 1. The van der Waals surface area contributed by atoms with E-state index in [0.29, 0.717) is 12.1 Å². The van der Waals surface area contributed by atoms with Crippen molar-refractivity contribution in [3.05, 3.63) is 41.2 Å². The molecule has 1 rings (SSSR count). The summed E-state index contributed by atoms with van der Waals surface area (Å²) in [5, 5.41) is 2.76. The van der Waals surface area contributed by atoms with Crippen LogP contribution in [0, 0.1) is 0 Å². The Morgan fingerprint density at radius 2 is 2.43 bits per heavy atom. The Labute approximate surface area is 91.4 Å². The van der Waals surface area contributed by atoms with Crippen LogP contribution in [0.1, 0.15) is 16.8 Å². The van der Waals surface area contributed by atoms with Gasteiger partial charge in [-0.15, -0.1) is 6.58 Å². The first-order valence-corrected chi connectivity index (χ1v) is 5.03. The Hall–Kier alpha value is -1.16. The molecule has 0 saturated heterocycles. The van der Waals surface area contributed by atoms with Crippen LogP contribution in [0.25, 0.3) is 0 Å². The van der Waals surface area contributed by atoms with Gasteiger partial charge in [0, 0.05) is 23.4 Å². The molecule has 0 radical (unpaired) electrons. The molecule has 14 heavy (non-hydrogen) atoms. The molecular weight excluding hydrogens is 244 g/mol. The van der Waals surface area contributed by atoms with E-state index in [1.165, 1.54) is 6.20 Å². The third-order valence-corrected chi connectivity index (χ3v) is 2.03. The minimum atomic E-state index is -0.111. The second-order valence-corrected chi connectivity index (χ2v) is 3.64. The fraction of sp³-hybridized carbons (Fsp3) is 0.200. The van der Waals surface area contributed by atoms with Gasteiger partial charge in [-0.25, -0.2) is 0 Å². The molecule has 1 amide bonds. The zero-order valence-corrected chi connectivity index (χ0v) is 9.25. The topological polar surface area (TPSA) is 42.0 Å². The van der Waals surface area contributed by atoms with Crippen molar-refractivity contribution in [1.82, 2.24) is 10.3 Å². The largest absolute Gasteiger partial charge is 0.352 e. The Kier molecular flexibility index (Phi) is 4.32. The first-order chi connectivity index (χ1) is 6.74. The first kappa shape index (κ1) is 10.9. The van der Waals surface area contributed by atoms with E-state index < -0.39 is 0 Å². The van der Waals surface area contributed by atoms with Gasteiger partial charge in [0.25, 0.3) is 5.91 Å². The molecule has 1 aromatic heterocycles. The van der Waals surface area contributed by atoms with E-state index in [1.54, 1.807) is 18.3 Å². The fourth-order valence-corrected chi connectivity index (χ4v) is 1.29. The Morgan fingerprint density at radius 3 is 3.07 bits per heavy atom. The van der Waals surface area contributed by atoms with Gasteiger partial charge >= 0.3 is 0 Å². The van der Waals surface area contributed by atoms with Crippen LogP contribution in [-0.4, -0.2) is 17.4 Å². The van der Waals surface area contributed by atoms with E-state index in [-0.39, 0.29) is 5.91 Å². The van der Waals surface area contributed by atoms with Gasteiger partial charge in [-0.2, -0.15) is 0 Å². The molecule has 74 valence electrons. The van der Waals surface area contributed by atoms with Gasteiger partial charge in [-0.05, 0) is 28.4 Å². The Morgan fingerprint density at radius 1 is 1.64 bits per heavy atom. The number of hydrogen-bond acceptors (Lipinski definition) is 2. The first-order valence-electron chi connectivity index (χ1n) is 4.23. The van der Waals surface area contributed by atoms with Crippen LogP contribution in [0.2, 0.25) is 0 Å². The standard InChI is InChI=1S/C10H11BrN2O/c1-2-3-4-13-10(14)8-5-9(11)7-12-6-8/h2,5-7H,1,3-4H2,(H,13,14). The van der Waals surface area contributed by atoms with Crippen LogP contribution < -0.4 is 5.32 Å². The monoisotopic (exact) mass is 254 g/mol. The maximum Gasteiger partial charge on any atom is 0.252 e. The number of nitrogens with zero attached hydrogens (tertiary/aromatic N) is 1. The van der Waals surface area contributed by atoms with Crippen LogP contribution in [0.4, 0.5) is 0 Å². The summed E-state index contributed by atoms with van der Waals surface area (Å²) in [5.41, 5.74) is 0.559. The fourth-order valence-electron chi connectivity index (χ4n) is 0.926. The molecule has 1 N–H and O–H groups in total. The van der Waals surface area contributed by atoms with Gasteiger partial charge in [-0.1, -0.05) is 6.08 Å². The van der Waals surface area contributed by atoms with Gasteiger partial charge in [0.1, 0.15) is 0 Å². The van der Waals surface area contributed by atoms with Gasteiger partial charge in [-0.3, -0.25) is 9.78 Å². The van der Waals surface area contributed by atoms with E-state index in [1.807, 2.05) is 0 Å². The number of carbonyl (C=O) groups excluding carboxylic acids is 1. The molecule has 0 atom stereocenters. The summed E-state index contributed by atoms with van der Waals surface area (Å²) in [4.78, 5) is 15.4. The average molecular weight is 255 g/mol. The van der Waals surface area contributed by atoms with Crippen molar-refractivity contribution in [2.45, 2.75) is 6.42 Å². The molecule has 0 bridgehead atoms. The predicted octanol–water partition coefficient (Wildman–Crippen LogP) is 2.15. The third-order valence-electron chi connectivity index (χ3n) is 1.60. The van der Waals surface area contributed by atoms with E-state index in [9.17, 15) is 4.79 Å². The summed E-state index contributed by atoms with van der Waals surface area (Å²) >= 11 is 3.25. The lowest BCUT2D eigenvalue weighted by atomic mass is 10.2. The summed E-state index contributed by atoms with van der Waals surface area (Å²) in [6, 6.07) is 1.73. The van der Waals surface area contributed by atoms with E-state index in [2.05, 4.69) is 32.8 Å². The van der Waals surface area contributed by atoms with Crippen LogP contribution in [0.5, 0.6) is 0 Å². The molecule has 0 fully saturated rings. The molecule has 0 unspecified atom stereocenters. The van der Waals surface area contributed by atoms with Crippen molar-refractivity contribution in [3.8, 4) is 0 Å². The maximum absolute atomic E-state index is 11.5. The van der Waals surface area contributed by atoms with E-state index in [4.69, 9.17) is 0 Å². The minimum absolute atomic E-state index is 0.111. The third kappa shape index (κ3) is 3.30. The van der Waals surface area contributed by atoms with Crippen molar-refractivity contribution < 1.29 is 4.79 Å². The normalized spacial score (nSPS) is 9.50. The number of aromatic nitrogens is 1. The lowest BCUT2D eigenvalue weighted by molar-refractivity contribution is 0.0954. The van der Waals surface area contributed by atoms with Crippen molar-refractivity contribution in [3.63, 3.8) is 0 Å². The molecule has 0 spiro atoms.